The molecule has 0 bridgehead atoms. The second-order valence-electron chi connectivity index (χ2n) is 8.70. The van der Waals surface area contributed by atoms with E-state index in [0.29, 0.717) is 6.54 Å². The van der Waals surface area contributed by atoms with E-state index in [9.17, 15) is 19.5 Å². The normalized spacial score (nSPS) is 12.8. The second kappa shape index (κ2) is 15.1. The SMILES string of the molecule is CC(C)(C)CCCNC(=O)OCCCOC(=O)OCC(C)(CO)C(=O)OCC[NH+]=C(N)N. The van der Waals surface area contributed by atoms with E-state index >= 15 is 0 Å². The van der Waals surface area contributed by atoms with Crippen LogP contribution in [0.5, 0.6) is 0 Å². The molecule has 0 aromatic heterocycles. The fraction of sp³-hybridized carbons (Fsp3) is 0.800. The van der Waals surface area contributed by atoms with Crippen LogP contribution in [0.3, 0.4) is 0 Å². The topological polar surface area (TPSA) is 186 Å². The van der Waals surface area contributed by atoms with Gasteiger partial charge < -0.3 is 29.4 Å². The fourth-order valence-electron chi connectivity index (χ4n) is 2.18. The number of amides is 1. The Kier molecular flexibility index (Phi) is 13.8. The first-order valence-electron chi connectivity index (χ1n) is 10.5. The number of guanidine groups is 1. The molecule has 32 heavy (non-hydrogen) atoms. The fourth-order valence-corrected chi connectivity index (χ4v) is 2.18. The van der Waals surface area contributed by atoms with Gasteiger partial charge in [-0.2, -0.15) is 0 Å². The Morgan fingerprint density at radius 3 is 2.19 bits per heavy atom. The summed E-state index contributed by atoms with van der Waals surface area (Å²) in [6, 6.07) is 0. The number of carbonyl (C=O) groups excluding carboxylic acids is 3. The van der Waals surface area contributed by atoms with Gasteiger partial charge in [-0.3, -0.25) is 21.3 Å². The molecule has 0 radical (unpaired) electrons. The summed E-state index contributed by atoms with van der Waals surface area (Å²) in [5.74, 6) is -0.772. The first kappa shape index (κ1) is 29.2. The lowest BCUT2D eigenvalue weighted by molar-refractivity contribution is -0.462. The predicted octanol–water partition coefficient (Wildman–Crippen LogP) is -1.02. The summed E-state index contributed by atoms with van der Waals surface area (Å²) in [4.78, 5) is 37.9. The Labute approximate surface area is 189 Å². The number of esters is 1. The molecule has 12 nitrogen and oxygen atoms in total. The third kappa shape index (κ3) is 15.1. The largest absolute Gasteiger partial charge is 0.508 e. The van der Waals surface area contributed by atoms with Crippen LogP contribution < -0.4 is 21.8 Å². The zero-order valence-electron chi connectivity index (χ0n) is 19.5. The number of hydrogen-bond acceptors (Lipinski definition) is 8. The van der Waals surface area contributed by atoms with E-state index in [0.717, 1.165) is 12.8 Å². The van der Waals surface area contributed by atoms with Crippen molar-refractivity contribution in [1.82, 2.24) is 5.32 Å². The number of hydrogen-bond donors (Lipinski definition) is 5. The van der Waals surface area contributed by atoms with Gasteiger partial charge in [0.15, 0.2) is 0 Å². The molecule has 0 rings (SSSR count). The Morgan fingerprint density at radius 1 is 0.938 bits per heavy atom. The quantitative estimate of drug-likeness (QED) is 0.0701. The first-order valence-corrected chi connectivity index (χ1v) is 10.5. The minimum atomic E-state index is -1.45. The number of alkyl carbamates (subject to hydrolysis) is 1. The molecule has 0 heterocycles. The minimum absolute atomic E-state index is 0.0147. The van der Waals surface area contributed by atoms with E-state index in [1.807, 2.05) is 0 Å². The lowest BCUT2D eigenvalue weighted by Gasteiger charge is -2.24. The molecule has 1 atom stereocenters. The van der Waals surface area contributed by atoms with Gasteiger partial charge in [-0.1, -0.05) is 20.8 Å². The molecule has 1 amide bonds. The van der Waals surface area contributed by atoms with Crippen molar-refractivity contribution >= 4 is 24.2 Å². The van der Waals surface area contributed by atoms with Crippen molar-refractivity contribution in [3.8, 4) is 0 Å². The summed E-state index contributed by atoms with van der Waals surface area (Å²) in [6.45, 7) is 7.44. The molecule has 0 aliphatic rings. The van der Waals surface area contributed by atoms with E-state index < -0.39 is 36.8 Å². The summed E-state index contributed by atoms with van der Waals surface area (Å²) in [5, 5.41) is 12.1. The summed E-state index contributed by atoms with van der Waals surface area (Å²) in [6.07, 6.45) is 0.566. The van der Waals surface area contributed by atoms with E-state index in [2.05, 4.69) is 31.1 Å². The average molecular weight is 464 g/mol. The maximum atomic E-state index is 12.1. The van der Waals surface area contributed by atoms with Crippen molar-refractivity contribution in [2.45, 2.75) is 47.0 Å². The molecule has 0 fully saturated rings. The van der Waals surface area contributed by atoms with Gasteiger partial charge in [0.2, 0.25) is 0 Å². The Morgan fingerprint density at radius 2 is 1.59 bits per heavy atom. The molecule has 0 aliphatic carbocycles. The van der Waals surface area contributed by atoms with Gasteiger partial charge in [0, 0.05) is 13.0 Å². The van der Waals surface area contributed by atoms with Crippen LogP contribution in [0.15, 0.2) is 0 Å². The van der Waals surface area contributed by atoms with Gasteiger partial charge in [-0.15, -0.1) is 0 Å². The Balaban J connectivity index is 3.99. The average Bonchev–Trinajstić information content (AvgIpc) is 2.71. The maximum Gasteiger partial charge on any atom is 0.508 e. The van der Waals surface area contributed by atoms with Crippen molar-refractivity contribution in [1.29, 1.82) is 0 Å². The molecule has 0 aliphatic heterocycles. The van der Waals surface area contributed by atoms with E-state index in [-0.39, 0.29) is 44.2 Å². The standard InChI is InChI=1S/C20H38N4O8/c1-19(2,3)7-5-8-24-17(27)30-10-6-11-31-18(28)32-14-20(4,13-25)15(26)29-12-9-23-16(21)22/h25H,5-14H2,1-4H3,(H,24,27)(H4,21,22,23)/p+1. The van der Waals surface area contributed by atoms with Gasteiger partial charge >= 0.3 is 24.2 Å². The van der Waals surface area contributed by atoms with Crippen LogP contribution >= 0.6 is 0 Å². The molecular formula is C20H39N4O8+. The van der Waals surface area contributed by atoms with Gasteiger partial charge in [0.25, 0.3) is 0 Å². The smallest absolute Gasteiger partial charge is 0.462 e. The van der Waals surface area contributed by atoms with Crippen LogP contribution in [0, 0.1) is 10.8 Å². The second-order valence-corrected chi connectivity index (χ2v) is 8.70. The number of aliphatic hydroxyl groups excluding tert-OH is 1. The van der Waals surface area contributed by atoms with Crippen LogP contribution in [0.25, 0.3) is 0 Å². The van der Waals surface area contributed by atoms with Crippen molar-refractivity contribution < 1.29 is 43.4 Å². The number of rotatable bonds is 14. The Hall–Kier alpha value is -2.76. The zero-order chi connectivity index (χ0) is 24.6. The van der Waals surface area contributed by atoms with Crippen LogP contribution in [0.2, 0.25) is 0 Å². The van der Waals surface area contributed by atoms with Gasteiger partial charge in [0.05, 0.1) is 26.4 Å². The highest BCUT2D eigenvalue weighted by molar-refractivity contribution is 5.77. The summed E-state index contributed by atoms with van der Waals surface area (Å²) >= 11 is 0. The van der Waals surface area contributed by atoms with Gasteiger partial charge in [-0.05, 0) is 25.2 Å². The molecular weight excluding hydrogens is 424 g/mol. The number of ether oxygens (including phenoxy) is 4. The summed E-state index contributed by atoms with van der Waals surface area (Å²) in [7, 11) is 0. The number of nitrogens with one attached hydrogen (secondary N) is 2. The van der Waals surface area contributed by atoms with Gasteiger partial charge in [-0.25, -0.2) is 9.59 Å². The highest BCUT2D eigenvalue weighted by Gasteiger charge is 2.36. The monoisotopic (exact) mass is 463 g/mol. The zero-order valence-corrected chi connectivity index (χ0v) is 19.5. The molecule has 0 aromatic rings. The lowest BCUT2D eigenvalue weighted by atomic mass is 9.91. The maximum absolute atomic E-state index is 12.1. The van der Waals surface area contributed by atoms with Crippen LogP contribution in [0.1, 0.15) is 47.0 Å². The predicted molar refractivity (Wildman–Crippen MR) is 115 cm³/mol. The van der Waals surface area contributed by atoms with Crippen LogP contribution in [-0.2, 0) is 23.7 Å². The summed E-state index contributed by atoms with van der Waals surface area (Å²) in [5.41, 5.74) is 9.19. The van der Waals surface area contributed by atoms with Crippen molar-refractivity contribution in [3.05, 3.63) is 0 Å². The molecule has 12 heteroatoms. The molecule has 0 saturated carbocycles. The van der Waals surface area contributed by atoms with Crippen LogP contribution in [0.4, 0.5) is 9.59 Å². The molecule has 0 aromatic carbocycles. The molecule has 0 saturated heterocycles. The number of aliphatic hydroxyl groups is 1. The third-order valence-electron chi connectivity index (χ3n) is 4.13. The Bertz CT molecular complexity index is 617. The third-order valence-corrected chi connectivity index (χ3v) is 4.13. The first-order chi connectivity index (χ1) is 14.9. The highest BCUT2D eigenvalue weighted by atomic mass is 16.7. The number of carbonyl (C=O) groups is 3. The summed E-state index contributed by atoms with van der Waals surface area (Å²) < 4.78 is 19.7. The van der Waals surface area contributed by atoms with Crippen molar-refractivity contribution in [3.63, 3.8) is 0 Å². The number of nitrogens with two attached hydrogens (primary N) is 2. The molecule has 186 valence electrons. The van der Waals surface area contributed by atoms with Crippen molar-refractivity contribution in [2.75, 3.05) is 46.1 Å². The minimum Gasteiger partial charge on any atom is -0.462 e. The molecule has 1 unspecified atom stereocenters. The van der Waals surface area contributed by atoms with Gasteiger partial charge in [0.1, 0.15) is 18.6 Å². The van der Waals surface area contributed by atoms with E-state index in [1.165, 1.54) is 6.92 Å². The molecule has 0 spiro atoms. The van der Waals surface area contributed by atoms with E-state index in [1.54, 1.807) is 0 Å². The van der Waals surface area contributed by atoms with Crippen molar-refractivity contribution in [2.24, 2.45) is 22.3 Å². The molecule has 7 N–H and O–H groups in total. The van der Waals surface area contributed by atoms with Crippen LogP contribution in [-0.4, -0.2) is 75.4 Å². The van der Waals surface area contributed by atoms with E-state index in [4.69, 9.17) is 30.4 Å². The lowest BCUT2D eigenvalue weighted by Crippen LogP contribution is -2.79. The highest BCUT2D eigenvalue weighted by Crippen LogP contribution is 2.20.